The molecule has 1 aliphatic heterocycles. The summed E-state index contributed by atoms with van der Waals surface area (Å²) in [6.45, 7) is 3.27. The Kier molecular flexibility index (Phi) is 5.11. The van der Waals surface area contributed by atoms with E-state index in [1.54, 1.807) is 14.2 Å². The highest BCUT2D eigenvalue weighted by Crippen LogP contribution is 2.39. The molecule has 0 bridgehead atoms. The molecule has 1 saturated heterocycles. The molecule has 3 nitrogen and oxygen atoms in total. The van der Waals surface area contributed by atoms with E-state index in [1.807, 2.05) is 0 Å². The van der Waals surface area contributed by atoms with E-state index in [1.165, 1.54) is 30.4 Å². The number of rotatable bonds is 4. The van der Waals surface area contributed by atoms with E-state index in [4.69, 9.17) is 9.47 Å². The molecule has 0 radical (unpaired) electrons. The van der Waals surface area contributed by atoms with Gasteiger partial charge in [-0.15, -0.1) is 0 Å². The Hall–Kier alpha value is -0.740. The van der Waals surface area contributed by atoms with E-state index < -0.39 is 0 Å². The second-order valence-electron chi connectivity index (χ2n) is 5.06. The Morgan fingerprint density at radius 3 is 2.68 bits per heavy atom. The number of hydrogen-bond acceptors (Lipinski definition) is 3. The van der Waals surface area contributed by atoms with Gasteiger partial charge in [-0.05, 0) is 65.9 Å². The molecular formula is C15H22BrNO2. The van der Waals surface area contributed by atoms with Crippen LogP contribution in [0.15, 0.2) is 10.5 Å². The molecule has 1 atom stereocenters. The van der Waals surface area contributed by atoms with Crippen LogP contribution in [0.2, 0.25) is 0 Å². The summed E-state index contributed by atoms with van der Waals surface area (Å²) < 4.78 is 11.8. The first-order valence-electron chi connectivity index (χ1n) is 6.80. The van der Waals surface area contributed by atoms with Crippen molar-refractivity contribution < 1.29 is 9.47 Å². The molecule has 1 unspecified atom stereocenters. The Morgan fingerprint density at radius 1 is 1.32 bits per heavy atom. The molecule has 0 amide bonds. The number of ether oxygens (including phenoxy) is 2. The van der Waals surface area contributed by atoms with Crippen LogP contribution in [0.25, 0.3) is 0 Å². The van der Waals surface area contributed by atoms with Crippen molar-refractivity contribution in [3.05, 3.63) is 21.7 Å². The molecule has 0 aliphatic carbocycles. The van der Waals surface area contributed by atoms with Gasteiger partial charge in [-0.25, -0.2) is 0 Å². The van der Waals surface area contributed by atoms with E-state index in [0.717, 1.165) is 28.9 Å². The SMILES string of the molecule is COc1cc(CC2CCCCN2)c(C)c(Br)c1OC. The zero-order valence-electron chi connectivity index (χ0n) is 11.9. The minimum Gasteiger partial charge on any atom is -0.493 e. The van der Waals surface area contributed by atoms with Crippen molar-refractivity contribution in [2.24, 2.45) is 0 Å². The van der Waals surface area contributed by atoms with Gasteiger partial charge < -0.3 is 14.8 Å². The maximum Gasteiger partial charge on any atom is 0.175 e. The Labute approximate surface area is 123 Å². The standard InChI is InChI=1S/C15H22BrNO2/c1-10-11(8-12-6-4-5-7-17-12)9-13(18-2)15(19-3)14(10)16/h9,12,17H,4-8H2,1-3H3. The van der Waals surface area contributed by atoms with Gasteiger partial charge in [0.1, 0.15) is 0 Å². The Balaban J connectivity index is 2.26. The molecule has 19 heavy (non-hydrogen) atoms. The maximum absolute atomic E-state index is 5.43. The van der Waals surface area contributed by atoms with Crippen LogP contribution < -0.4 is 14.8 Å². The normalized spacial score (nSPS) is 19.3. The monoisotopic (exact) mass is 327 g/mol. The van der Waals surface area contributed by atoms with Crippen LogP contribution in [-0.2, 0) is 6.42 Å². The highest BCUT2D eigenvalue weighted by atomic mass is 79.9. The van der Waals surface area contributed by atoms with Crippen molar-refractivity contribution in [2.45, 2.75) is 38.6 Å². The quantitative estimate of drug-likeness (QED) is 0.918. The van der Waals surface area contributed by atoms with E-state index in [0.29, 0.717) is 6.04 Å². The molecule has 1 fully saturated rings. The molecular weight excluding hydrogens is 306 g/mol. The van der Waals surface area contributed by atoms with Crippen molar-refractivity contribution >= 4 is 15.9 Å². The lowest BCUT2D eigenvalue weighted by Gasteiger charge is -2.25. The van der Waals surface area contributed by atoms with Crippen molar-refractivity contribution in [3.63, 3.8) is 0 Å². The molecule has 0 aromatic heterocycles. The molecule has 4 heteroatoms. The largest absolute Gasteiger partial charge is 0.493 e. The number of piperidine rings is 1. The topological polar surface area (TPSA) is 30.5 Å². The molecule has 0 spiro atoms. The number of nitrogens with one attached hydrogen (secondary N) is 1. The van der Waals surface area contributed by atoms with Crippen LogP contribution in [0, 0.1) is 6.92 Å². The second-order valence-corrected chi connectivity index (χ2v) is 5.85. The third-order valence-electron chi connectivity index (χ3n) is 3.84. The minimum absolute atomic E-state index is 0.581. The van der Waals surface area contributed by atoms with Crippen molar-refractivity contribution in [2.75, 3.05) is 20.8 Å². The average Bonchev–Trinajstić information content (AvgIpc) is 2.45. The summed E-state index contributed by atoms with van der Waals surface area (Å²) in [6, 6.07) is 2.69. The first kappa shape index (κ1) is 14.7. The van der Waals surface area contributed by atoms with Crippen LogP contribution in [0.3, 0.4) is 0 Å². The van der Waals surface area contributed by atoms with Gasteiger partial charge in [0.15, 0.2) is 11.5 Å². The summed E-state index contributed by atoms with van der Waals surface area (Å²) >= 11 is 3.62. The van der Waals surface area contributed by atoms with Gasteiger partial charge in [0, 0.05) is 6.04 Å². The Morgan fingerprint density at radius 2 is 2.11 bits per heavy atom. The van der Waals surface area contributed by atoms with E-state index in [-0.39, 0.29) is 0 Å². The van der Waals surface area contributed by atoms with Crippen LogP contribution >= 0.6 is 15.9 Å². The lowest BCUT2D eigenvalue weighted by Crippen LogP contribution is -2.35. The second kappa shape index (κ2) is 6.62. The van der Waals surface area contributed by atoms with Gasteiger partial charge in [0.05, 0.1) is 18.7 Å². The van der Waals surface area contributed by atoms with Gasteiger partial charge in [0.25, 0.3) is 0 Å². The number of benzene rings is 1. The fourth-order valence-electron chi connectivity index (χ4n) is 2.67. The summed E-state index contributed by atoms with van der Waals surface area (Å²) in [5.41, 5.74) is 2.56. The van der Waals surface area contributed by atoms with Gasteiger partial charge in [0.2, 0.25) is 0 Å². The third-order valence-corrected chi connectivity index (χ3v) is 4.80. The van der Waals surface area contributed by atoms with Crippen molar-refractivity contribution in [1.82, 2.24) is 5.32 Å². The zero-order valence-corrected chi connectivity index (χ0v) is 13.5. The van der Waals surface area contributed by atoms with E-state index in [2.05, 4.69) is 34.2 Å². The highest BCUT2D eigenvalue weighted by Gasteiger charge is 2.19. The smallest absolute Gasteiger partial charge is 0.175 e. The van der Waals surface area contributed by atoms with Crippen LogP contribution in [-0.4, -0.2) is 26.8 Å². The number of methoxy groups -OCH3 is 2. The molecule has 1 aromatic carbocycles. The number of halogens is 1. The minimum atomic E-state index is 0.581. The summed E-state index contributed by atoms with van der Waals surface area (Å²) in [4.78, 5) is 0. The van der Waals surface area contributed by atoms with Crippen LogP contribution in [0.1, 0.15) is 30.4 Å². The van der Waals surface area contributed by atoms with Crippen molar-refractivity contribution in [1.29, 1.82) is 0 Å². The highest BCUT2D eigenvalue weighted by molar-refractivity contribution is 9.10. The molecule has 1 aromatic rings. The van der Waals surface area contributed by atoms with Crippen LogP contribution in [0.4, 0.5) is 0 Å². The lowest BCUT2D eigenvalue weighted by atomic mass is 9.95. The average molecular weight is 328 g/mol. The Bertz CT molecular complexity index is 442. The van der Waals surface area contributed by atoms with Gasteiger partial charge in [-0.2, -0.15) is 0 Å². The first-order valence-corrected chi connectivity index (χ1v) is 7.60. The summed E-state index contributed by atoms with van der Waals surface area (Å²) in [7, 11) is 3.35. The van der Waals surface area contributed by atoms with Gasteiger partial charge in [-0.3, -0.25) is 0 Å². The van der Waals surface area contributed by atoms with Crippen LogP contribution in [0.5, 0.6) is 11.5 Å². The predicted octanol–water partition coefficient (Wildman–Crippen LogP) is 3.46. The van der Waals surface area contributed by atoms with E-state index in [9.17, 15) is 0 Å². The first-order chi connectivity index (χ1) is 9.17. The molecule has 1 aliphatic rings. The molecule has 1 heterocycles. The predicted molar refractivity (Wildman–Crippen MR) is 81.3 cm³/mol. The van der Waals surface area contributed by atoms with Gasteiger partial charge in [-0.1, -0.05) is 6.42 Å². The molecule has 2 rings (SSSR count). The summed E-state index contributed by atoms with van der Waals surface area (Å²) in [5.74, 6) is 1.58. The maximum atomic E-state index is 5.43. The summed E-state index contributed by atoms with van der Waals surface area (Å²) in [6.07, 6.45) is 4.92. The molecule has 0 saturated carbocycles. The van der Waals surface area contributed by atoms with E-state index >= 15 is 0 Å². The summed E-state index contributed by atoms with van der Waals surface area (Å²) in [5, 5.41) is 3.59. The number of hydrogen-bond donors (Lipinski definition) is 1. The third kappa shape index (κ3) is 3.23. The zero-order chi connectivity index (χ0) is 13.8. The molecule has 1 N–H and O–H groups in total. The fourth-order valence-corrected chi connectivity index (χ4v) is 3.28. The lowest BCUT2D eigenvalue weighted by molar-refractivity contribution is 0.351. The van der Waals surface area contributed by atoms with Crippen molar-refractivity contribution in [3.8, 4) is 11.5 Å². The van der Waals surface area contributed by atoms with Gasteiger partial charge >= 0.3 is 0 Å². The molecule has 106 valence electrons. The fraction of sp³-hybridized carbons (Fsp3) is 0.600.